The van der Waals surface area contributed by atoms with E-state index in [1.165, 1.54) is 23.3 Å². The Kier molecular flexibility index (Phi) is 16.4. The van der Waals surface area contributed by atoms with Crippen LogP contribution < -0.4 is 10.4 Å². The average molecular weight is 367 g/mol. The van der Waals surface area contributed by atoms with E-state index >= 15 is 0 Å². The van der Waals surface area contributed by atoms with Gasteiger partial charge >= 0.3 is 0 Å². The highest BCUT2D eigenvalue weighted by molar-refractivity contribution is 5.55. The van der Waals surface area contributed by atoms with Crippen LogP contribution in [-0.4, -0.2) is 0 Å². The van der Waals surface area contributed by atoms with Gasteiger partial charge in [0, 0.05) is 0 Å². The third kappa shape index (κ3) is 10.2. The van der Waals surface area contributed by atoms with Gasteiger partial charge < -0.3 is 0 Å². The second kappa shape index (κ2) is 17.6. The van der Waals surface area contributed by atoms with Crippen LogP contribution in [0.15, 0.2) is 60.7 Å². The molecule has 27 heavy (non-hydrogen) atoms. The summed E-state index contributed by atoms with van der Waals surface area (Å²) in [5, 5.41) is 2.85. The van der Waals surface area contributed by atoms with Crippen molar-refractivity contribution in [2.75, 3.05) is 0 Å². The molecule has 0 spiro atoms. The van der Waals surface area contributed by atoms with Gasteiger partial charge in [0.2, 0.25) is 0 Å². The Balaban J connectivity index is 0.000000998. The molecule has 0 saturated carbocycles. The molecule has 1 aromatic rings. The molecular weight excluding hydrogens is 324 g/mol. The first-order valence-corrected chi connectivity index (χ1v) is 11.0. The molecule has 150 valence electrons. The van der Waals surface area contributed by atoms with Crippen molar-refractivity contribution in [1.29, 1.82) is 0 Å². The molecular formula is C27H42. The van der Waals surface area contributed by atoms with Crippen LogP contribution in [0.25, 0.3) is 11.6 Å². The van der Waals surface area contributed by atoms with Gasteiger partial charge in [-0.1, -0.05) is 120 Å². The fourth-order valence-corrected chi connectivity index (χ4v) is 2.93. The molecule has 0 saturated heterocycles. The number of hydrogen-bond acceptors (Lipinski definition) is 0. The van der Waals surface area contributed by atoms with Crippen molar-refractivity contribution in [1.82, 2.24) is 0 Å². The topological polar surface area (TPSA) is 0 Å². The predicted octanol–water partition coefficient (Wildman–Crippen LogP) is 7.35. The summed E-state index contributed by atoms with van der Waals surface area (Å²) < 4.78 is 0. The molecule has 1 aliphatic carbocycles. The largest absolute Gasteiger partial charge is 0.0888 e. The van der Waals surface area contributed by atoms with Gasteiger partial charge in [0.25, 0.3) is 0 Å². The maximum atomic E-state index is 2.40. The van der Waals surface area contributed by atoms with Gasteiger partial charge in [-0.15, -0.1) is 0 Å². The van der Waals surface area contributed by atoms with E-state index in [9.17, 15) is 0 Å². The summed E-state index contributed by atoms with van der Waals surface area (Å²) >= 11 is 0. The number of benzene rings is 1. The molecule has 0 fully saturated rings. The van der Waals surface area contributed by atoms with Gasteiger partial charge in [0.05, 0.1) is 0 Å². The Morgan fingerprint density at radius 2 is 1.63 bits per heavy atom. The van der Waals surface area contributed by atoms with Gasteiger partial charge in [-0.05, 0) is 49.0 Å². The van der Waals surface area contributed by atoms with Crippen molar-refractivity contribution in [2.24, 2.45) is 5.92 Å². The smallest absolute Gasteiger partial charge is 0.0121 e. The van der Waals surface area contributed by atoms with Gasteiger partial charge in [-0.25, -0.2) is 0 Å². The zero-order valence-electron chi connectivity index (χ0n) is 18.7. The number of unbranched alkanes of at least 4 members (excludes halogenated alkanes) is 1. The van der Waals surface area contributed by atoms with Gasteiger partial charge in [-0.3, -0.25) is 0 Å². The fourth-order valence-electron chi connectivity index (χ4n) is 2.93. The fraction of sp³-hybridized carbons (Fsp3) is 0.481. The van der Waals surface area contributed by atoms with Crippen molar-refractivity contribution in [3.8, 4) is 0 Å². The zero-order valence-corrected chi connectivity index (χ0v) is 18.7. The lowest BCUT2D eigenvalue weighted by molar-refractivity contribution is 0.685. The normalized spacial score (nSPS) is 15.8. The summed E-state index contributed by atoms with van der Waals surface area (Å²) in [6.07, 6.45) is 22.8. The van der Waals surface area contributed by atoms with Crippen molar-refractivity contribution in [3.63, 3.8) is 0 Å². The minimum absolute atomic E-state index is 0.651. The molecule has 0 nitrogen and oxygen atoms in total. The Hall–Kier alpha value is -1.82. The highest BCUT2D eigenvalue weighted by Crippen LogP contribution is 2.25. The van der Waals surface area contributed by atoms with E-state index in [-0.39, 0.29) is 0 Å². The first kappa shape index (κ1) is 25.2. The minimum Gasteiger partial charge on any atom is -0.0888 e. The van der Waals surface area contributed by atoms with E-state index in [1.807, 2.05) is 13.8 Å². The van der Waals surface area contributed by atoms with Crippen molar-refractivity contribution < 1.29 is 0 Å². The molecule has 0 N–H and O–H groups in total. The standard InChI is InChI=1S/C21H26.C4H10.C2H6/c1-3-5-7-9-14-20-18(12-8-6-4-2)16-17-19-13-10-11-15-21(19)20;1-3-4-2;1-2/h3,5-11,13,15,17-18H,4,12,14,16H2,1-2H3;3-4H2,1-2H3;1-2H3/b5-3-,8-6?,9-7-;;. The molecule has 1 unspecified atom stereocenters. The van der Waals surface area contributed by atoms with Crippen LogP contribution in [0.4, 0.5) is 0 Å². The molecule has 1 aromatic carbocycles. The summed E-state index contributed by atoms with van der Waals surface area (Å²) in [7, 11) is 0. The molecule has 0 heterocycles. The SMILES string of the molecule is C/C=C\C=C/CC1=c2ccccc2=CCC1CC=CCC.CC.CCCC. The van der Waals surface area contributed by atoms with Crippen LogP contribution in [0, 0.1) is 5.92 Å². The van der Waals surface area contributed by atoms with Crippen LogP contribution in [0.2, 0.25) is 0 Å². The second-order valence-corrected chi connectivity index (χ2v) is 6.52. The Bertz CT molecular complexity index is 668. The van der Waals surface area contributed by atoms with Crippen molar-refractivity contribution >= 4 is 11.6 Å². The van der Waals surface area contributed by atoms with Crippen molar-refractivity contribution in [2.45, 2.75) is 80.1 Å². The molecule has 0 radical (unpaired) electrons. The lowest BCUT2D eigenvalue weighted by Crippen LogP contribution is -2.32. The summed E-state index contributed by atoms with van der Waals surface area (Å²) in [4.78, 5) is 0. The van der Waals surface area contributed by atoms with Crippen LogP contribution in [-0.2, 0) is 0 Å². The van der Waals surface area contributed by atoms with E-state index in [0.717, 1.165) is 25.7 Å². The summed E-state index contributed by atoms with van der Waals surface area (Å²) in [5.41, 5.74) is 1.59. The zero-order chi connectivity index (χ0) is 20.3. The maximum Gasteiger partial charge on any atom is -0.0121 e. The monoisotopic (exact) mass is 366 g/mol. The minimum atomic E-state index is 0.651. The van der Waals surface area contributed by atoms with Crippen LogP contribution in [0.1, 0.15) is 80.1 Å². The Morgan fingerprint density at radius 3 is 2.26 bits per heavy atom. The molecule has 1 aliphatic rings. The molecule has 0 aromatic heterocycles. The summed E-state index contributed by atoms with van der Waals surface area (Å²) in [6.45, 7) is 12.6. The van der Waals surface area contributed by atoms with Crippen molar-refractivity contribution in [3.05, 3.63) is 71.2 Å². The average Bonchev–Trinajstić information content (AvgIpc) is 2.73. The Labute approximate surface area is 169 Å². The third-order valence-corrected chi connectivity index (χ3v) is 4.52. The predicted molar refractivity (Wildman–Crippen MR) is 126 cm³/mol. The number of rotatable bonds is 7. The second-order valence-electron chi connectivity index (χ2n) is 6.52. The van der Waals surface area contributed by atoms with E-state index < -0.39 is 0 Å². The van der Waals surface area contributed by atoms with Crippen LogP contribution in [0.5, 0.6) is 0 Å². The molecule has 0 amide bonds. The molecule has 1 atom stereocenters. The Morgan fingerprint density at radius 1 is 0.926 bits per heavy atom. The first-order valence-electron chi connectivity index (χ1n) is 11.0. The van der Waals surface area contributed by atoms with E-state index in [0.29, 0.717) is 5.92 Å². The lowest BCUT2D eigenvalue weighted by Gasteiger charge is -2.20. The third-order valence-electron chi connectivity index (χ3n) is 4.52. The maximum absolute atomic E-state index is 2.40. The molecule has 0 heteroatoms. The molecule has 0 bridgehead atoms. The lowest BCUT2D eigenvalue weighted by atomic mass is 9.84. The number of fused-ring (bicyclic) bond motifs is 1. The van der Waals surface area contributed by atoms with E-state index in [2.05, 4.69) is 94.5 Å². The van der Waals surface area contributed by atoms with Gasteiger partial charge in [0.1, 0.15) is 0 Å². The number of hydrogen-bond donors (Lipinski definition) is 0. The first-order chi connectivity index (χ1) is 13.3. The molecule has 0 aliphatic heterocycles. The van der Waals surface area contributed by atoms with E-state index in [1.54, 1.807) is 5.57 Å². The highest BCUT2D eigenvalue weighted by Gasteiger charge is 2.15. The van der Waals surface area contributed by atoms with Crippen LogP contribution in [0.3, 0.4) is 0 Å². The van der Waals surface area contributed by atoms with Gasteiger partial charge in [-0.2, -0.15) is 0 Å². The quantitative estimate of drug-likeness (QED) is 0.349. The molecule has 2 rings (SSSR count). The van der Waals surface area contributed by atoms with Crippen LogP contribution >= 0.6 is 0 Å². The summed E-state index contributed by atoms with van der Waals surface area (Å²) in [5.74, 6) is 0.651. The highest BCUT2D eigenvalue weighted by atomic mass is 14.2. The van der Waals surface area contributed by atoms with E-state index in [4.69, 9.17) is 0 Å². The van der Waals surface area contributed by atoms with Gasteiger partial charge in [0.15, 0.2) is 0 Å². The summed E-state index contributed by atoms with van der Waals surface area (Å²) in [6, 6.07) is 8.82. The number of allylic oxidation sites excluding steroid dienone is 6.